The third-order valence-electron chi connectivity index (χ3n) is 5.13. The maximum absolute atomic E-state index is 11.9. The van der Waals surface area contributed by atoms with Crippen LogP contribution in [0.5, 0.6) is 11.5 Å². The van der Waals surface area contributed by atoms with Crippen molar-refractivity contribution in [2.24, 2.45) is 0 Å². The van der Waals surface area contributed by atoms with Gasteiger partial charge in [0.2, 0.25) is 0 Å². The smallest absolute Gasteiger partial charge is 0.306 e. The number of hydrogen-bond acceptors (Lipinski definition) is 6. The number of ether oxygens (including phenoxy) is 3. The Morgan fingerprint density at radius 1 is 1.22 bits per heavy atom. The van der Waals surface area contributed by atoms with Gasteiger partial charge in [0.15, 0.2) is 0 Å². The number of benzene rings is 2. The number of carbonyl (C=O) groups excluding carboxylic acids is 1. The first-order chi connectivity index (χ1) is 15.3. The first-order valence-corrected chi connectivity index (χ1v) is 11.4. The zero-order valence-corrected chi connectivity index (χ0v) is 19.3. The monoisotopic (exact) mass is 441 g/mol. The van der Waals surface area contributed by atoms with Gasteiger partial charge in [-0.25, -0.2) is 0 Å². The largest absolute Gasteiger partial charge is 0.491 e. The van der Waals surface area contributed by atoms with E-state index in [-0.39, 0.29) is 18.7 Å². The maximum Gasteiger partial charge on any atom is 0.306 e. The summed E-state index contributed by atoms with van der Waals surface area (Å²) in [4.78, 5) is 11.9. The van der Waals surface area contributed by atoms with Gasteiger partial charge in [0.05, 0.1) is 0 Å². The molecule has 0 spiro atoms. The standard InChI is InChI=1S/C26H35NO5/c1-26(2,3)32-25(29)14-10-19-9-13-24-20(15-19)11-12-23(31-24)17-27-16-21(28)18-30-22-7-5-4-6-8-22/h4-9,13,15,21,23,27-28H,10-12,14,16-18H2,1-3H3. The zero-order chi connectivity index (χ0) is 23.0. The summed E-state index contributed by atoms with van der Waals surface area (Å²) in [5, 5.41) is 13.4. The van der Waals surface area contributed by atoms with E-state index in [1.54, 1.807) is 0 Å². The molecular weight excluding hydrogens is 406 g/mol. The van der Waals surface area contributed by atoms with Gasteiger partial charge in [-0.15, -0.1) is 0 Å². The summed E-state index contributed by atoms with van der Waals surface area (Å²) in [5.41, 5.74) is 1.85. The molecule has 0 fully saturated rings. The molecule has 0 saturated carbocycles. The molecule has 1 heterocycles. The number of hydrogen-bond donors (Lipinski definition) is 2. The molecule has 0 bridgehead atoms. The Hall–Kier alpha value is -2.57. The SMILES string of the molecule is CC(C)(C)OC(=O)CCc1ccc2c(c1)CCC(CNCC(O)COc1ccccc1)O2. The number of aliphatic hydroxyl groups is 1. The highest BCUT2D eigenvalue weighted by Gasteiger charge is 2.21. The van der Waals surface area contributed by atoms with Crippen LogP contribution in [0.15, 0.2) is 48.5 Å². The summed E-state index contributed by atoms with van der Waals surface area (Å²) in [6.45, 7) is 7.01. The summed E-state index contributed by atoms with van der Waals surface area (Å²) in [5.74, 6) is 1.48. The lowest BCUT2D eigenvalue weighted by Crippen LogP contribution is -2.39. The molecule has 3 rings (SSSR count). The molecule has 2 unspecified atom stereocenters. The van der Waals surface area contributed by atoms with Crippen LogP contribution < -0.4 is 14.8 Å². The molecule has 2 aromatic rings. The molecule has 0 amide bonds. The lowest BCUT2D eigenvalue weighted by molar-refractivity contribution is -0.154. The van der Waals surface area contributed by atoms with Crippen LogP contribution in [-0.4, -0.2) is 48.6 Å². The topological polar surface area (TPSA) is 77.0 Å². The molecule has 0 aliphatic carbocycles. The molecule has 2 N–H and O–H groups in total. The molecule has 6 heteroatoms. The van der Waals surface area contributed by atoms with Crippen molar-refractivity contribution >= 4 is 5.97 Å². The molecule has 2 aromatic carbocycles. The van der Waals surface area contributed by atoms with Crippen molar-refractivity contribution in [2.75, 3.05) is 19.7 Å². The minimum atomic E-state index is -0.585. The second-order valence-corrected chi connectivity index (χ2v) is 9.24. The number of nitrogens with one attached hydrogen (secondary N) is 1. The van der Waals surface area contributed by atoms with Crippen molar-refractivity contribution in [1.82, 2.24) is 5.32 Å². The normalized spacial score (nSPS) is 16.6. The minimum Gasteiger partial charge on any atom is -0.491 e. The number of para-hydroxylation sites is 1. The third kappa shape index (κ3) is 8.17. The van der Waals surface area contributed by atoms with E-state index in [0.29, 0.717) is 25.9 Å². The van der Waals surface area contributed by atoms with Crippen molar-refractivity contribution in [3.63, 3.8) is 0 Å². The first kappa shape index (κ1) is 24.1. The Bertz CT molecular complexity index is 862. The fourth-order valence-electron chi connectivity index (χ4n) is 3.62. The number of carbonyl (C=O) groups is 1. The molecule has 32 heavy (non-hydrogen) atoms. The van der Waals surface area contributed by atoms with Gasteiger partial charge in [-0.1, -0.05) is 30.3 Å². The van der Waals surface area contributed by atoms with Gasteiger partial charge in [0, 0.05) is 19.5 Å². The summed E-state index contributed by atoms with van der Waals surface area (Å²) in [7, 11) is 0. The van der Waals surface area contributed by atoms with Crippen LogP contribution in [0.3, 0.4) is 0 Å². The average Bonchev–Trinajstić information content (AvgIpc) is 2.76. The first-order valence-electron chi connectivity index (χ1n) is 11.4. The number of aliphatic hydroxyl groups excluding tert-OH is 1. The van der Waals surface area contributed by atoms with Gasteiger partial charge in [-0.05, 0) is 69.4 Å². The highest BCUT2D eigenvalue weighted by atomic mass is 16.6. The van der Waals surface area contributed by atoms with Crippen molar-refractivity contribution in [3.05, 3.63) is 59.7 Å². The van der Waals surface area contributed by atoms with Gasteiger partial charge >= 0.3 is 5.97 Å². The van der Waals surface area contributed by atoms with Crippen LogP contribution in [-0.2, 0) is 22.4 Å². The Balaban J connectivity index is 1.37. The van der Waals surface area contributed by atoms with Crippen LogP contribution in [0.25, 0.3) is 0 Å². The lowest BCUT2D eigenvalue weighted by Gasteiger charge is -2.27. The molecule has 174 valence electrons. The molecule has 2 atom stereocenters. The Kier molecular flexibility index (Phi) is 8.53. The lowest BCUT2D eigenvalue weighted by atomic mass is 9.98. The number of aryl methyl sites for hydroxylation is 2. The zero-order valence-electron chi connectivity index (χ0n) is 19.3. The van der Waals surface area contributed by atoms with E-state index in [9.17, 15) is 9.90 Å². The van der Waals surface area contributed by atoms with Crippen LogP contribution in [0.4, 0.5) is 0 Å². The fourth-order valence-corrected chi connectivity index (χ4v) is 3.62. The van der Waals surface area contributed by atoms with Crippen LogP contribution in [0.1, 0.15) is 44.7 Å². The van der Waals surface area contributed by atoms with Crippen molar-refractivity contribution in [2.45, 2.75) is 64.3 Å². The molecular formula is C26H35NO5. The highest BCUT2D eigenvalue weighted by molar-refractivity contribution is 5.70. The van der Waals surface area contributed by atoms with Crippen LogP contribution in [0, 0.1) is 0 Å². The van der Waals surface area contributed by atoms with Crippen molar-refractivity contribution in [3.8, 4) is 11.5 Å². The molecule has 0 aromatic heterocycles. The molecule has 6 nitrogen and oxygen atoms in total. The van der Waals surface area contributed by atoms with E-state index in [0.717, 1.165) is 29.9 Å². The van der Waals surface area contributed by atoms with Crippen molar-refractivity contribution in [1.29, 1.82) is 0 Å². The van der Waals surface area contributed by atoms with E-state index >= 15 is 0 Å². The second kappa shape index (κ2) is 11.3. The van der Waals surface area contributed by atoms with E-state index in [2.05, 4.69) is 11.4 Å². The second-order valence-electron chi connectivity index (χ2n) is 9.24. The quantitative estimate of drug-likeness (QED) is 0.548. The summed E-state index contributed by atoms with van der Waals surface area (Å²) >= 11 is 0. The Morgan fingerprint density at radius 2 is 2.00 bits per heavy atom. The minimum absolute atomic E-state index is 0.0670. The summed E-state index contributed by atoms with van der Waals surface area (Å²) in [6, 6.07) is 15.6. The predicted octanol–water partition coefficient (Wildman–Crippen LogP) is 3.68. The van der Waals surface area contributed by atoms with Crippen LogP contribution in [0.2, 0.25) is 0 Å². The van der Waals surface area contributed by atoms with Crippen molar-refractivity contribution < 1.29 is 24.1 Å². The number of rotatable bonds is 10. The fraction of sp³-hybridized carbons (Fsp3) is 0.500. The van der Waals surface area contributed by atoms with Gasteiger partial charge in [0.25, 0.3) is 0 Å². The summed E-state index contributed by atoms with van der Waals surface area (Å²) < 4.78 is 17.1. The number of fused-ring (bicyclic) bond motifs is 1. The van der Waals surface area contributed by atoms with E-state index in [4.69, 9.17) is 14.2 Å². The van der Waals surface area contributed by atoms with Crippen LogP contribution >= 0.6 is 0 Å². The summed E-state index contributed by atoms with van der Waals surface area (Å²) in [6.07, 6.45) is 2.36. The third-order valence-corrected chi connectivity index (χ3v) is 5.13. The van der Waals surface area contributed by atoms with E-state index in [1.807, 2.05) is 63.2 Å². The molecule has 1 aliphatic rings. The van der Waals surface area contributed by atoms with Gasteiger partial charge in [-0.3, -0.25) is 4.79 Å². The number of esters is 1. The van der Waals surface area contributed by atoms with E-state index in [1.165, 1.54) is 5.56 Å². The van der Waals surface area contributed by atoms with Gasteiger partial charge < -0.3 is 24.6 Å². The Morgan fingerprint density at radius 3 is 2.75 bits per heavy atom. The molecule has 0 radical (unpaired) electrons. The Labute approximate surface area is 190 Å². The highest BCUT2D eigenvalue weighted by Crippen LogP contribution is 2.29. The van der Waals surface area contributed by atoms with Gasteiger partial charge in [0.1, 0.15) is 35.9 Å². The average molecular weight is 442 g/mol. The predicted molar refractivity (Wildman–Crippen MR) is 124 cm³/mol. The maximum atomic E-state index is 11.9. The van der Waals surface area contributed by atoms with E-state index < -0.39 is 11.7 Å². The molecule has 1 aliphatic heterocycles. The van der Waals surface area contributed by atoms with Gasteiger partial charge in [-0.2, -0.15) is 0 Å². The molecule has 0 saturated heterocycles.